The lowest BCUT2D eigenvalue weighted by atomic mass is 10.1. The third-order valence-electron chi connectivity index (χ3n) is 3.90. The maximum Gasteiger partial charge on any atom is 0.223 e. The fraction of sp³-hybridized carbons (Fsp3) is 0.733. The van der Waals surface area contributed by atoms with Crippen LogP contribution in [0.2, 0.25) is 0 Å². The van der Waals surface area contributed by atoms with Gasteiger partial charge in [0.25, 0.3) is 0 Å². The molecule has 4 nitrogen and oxygen atoms in total. The van der Waals surface area contributed by atoms with Crippen LogP contribution in [-0.4, -0.2) is 27.3 Å². The second-order valence-electron chi connectivity index (χ2n) is 5.38. The first-order valence-corrected chi connectivity index (χ1v) is 7.61. The van der Waals surface area contributed by atoms with Crippen LogP contribution < -0.4 is 0 Å². The Labute approximate surface area is 115 Å². The molecule has 0 saturated carbocycles. The number of unbranched alkanes of at least 4 members (excludes halogenated alkanes) is 4. The predicted octanol–water partition coefficient (Wildman–Crippen LogP) is 3.43. The second kappa shape index (κ2) is 7.31. The number of carbonyl (C=O) groups is 1. The SMILES string of the molecule is CCCCCCCC(=O)N1CCC[C@@H]1c1ncc[nH]1. The van der Waals surface area contributed by atoms with Gasteiger partial charge in [-0.05, 0) is 19.3 Å². The number of nitrogens with one attached hydrogen (secondary N) is 1. The van der Waals surface area contributed by atoms with Crippen molar-refractivity contribution in [2.45, 2.75) is 64.3 Å². The molecule has 1 N–H and O–H groups in total. The van der Waals surface area contributed by atoms with Gasteiger partial charge in [0, 0.05) is 25.4 Å². The van der Waals surface area contributed by atoms with E-state index in [0.717, 1.165) is 31.6 Å². The van der Waals surface area contributed by atoms with Crippen LogP contribution in [0.3, 0.4) is 0 Å². The molecule has 2 rings (SSSR count). The van der Waals surface area contributed by atoms with Crippen molar-refractivity contribution in [2.75, 3.05) is 6.54 Å². The average molecular weight is 263 g/mol. The highest BCUT2D eigenvalue weighted by atomic mass is 16.2. The van der Waals surface area contributed by atoms with Crippen molar-refractivity contribution >= 4 is 5.91 Å². The number of H-pyrrole nitrogens is 1. The molecule has 106 valence electrons. The molecule has 1 aromatic rings. The quantitative estimate of drug-likeness (QED) is 0.766. The van der Waals surface area contributed by atoms with Gasteiger partial charge in [-0.2, -0.15) is 0 Å². The van der Waals surface area contributed by atoms with Crippen molar-refractivity contribution in [3.8, 4) is 0 Å². The summed E-state index contributed by atoms with van der Waals surface area (Å²) in [4.78, 5) is 21.7. The molecular formula is C15H25N3O. The number of aromatic nitrogens is 2. The summed E-state index contributed by atoms with van der Waals surface area (Å²) in [5.41, 5.74) is 0. The topological polar surface area (TPSA) is 49.0 Å². The third kappa shape index (κ3) is 3.82. The van der Waals surface area contributed by atoms with Crippen LogP contribution in [0.25, 0.3) is 0 Å². The minimum absolute atomic E-state index is 0.179. The van der Waals surface area contributed by atoms with E-state index in [1.54, 1.807) is 6.20 Å². The van der Waals surface area contributed by atoms with Gasteiger partial charge in [0.05, 0.1) is 6.04 Å². The molecule has 1 aliphatic heterocycles. The van der Waals surface area contributed by atoms with Crippen LogP contribution in [0.4, 0.5) is 0 Å². The molecule has 0 aromatic carbocycles. The molecule has 19 heavy (non-hydrogen) atoms. The molecule has 0 aliphatic carbocycles. The lowest BCUT2D eigenvalue weighted by Gasteiger charge is -2.23. The molecule has 1 amide bonds. The first-order valence-electron chi connectivity index (χ1n) is 7.61. The molecule has 4 heteroatoms. The number of nitrogens with zero attached hydrogens (tertiary/aromatic N) is 2. The molecular weight excluding hydrogens is 238 g/mol. The Morgan fingerprint density at radius 1 is 1.42 bits per heavy atom. The normalized spacial score (nSPS) is 19.0. The summed E-state index contributed by atoms with van der Waals surface area (Å²) in [6.45, 7) is 3.10. The Morgan fingerprint density at radius 2 is 2.26 bits per heavy atom. The number of hydrogen-bond donors (Lipinski definition) is 1. The van der Waals surface area contributed by atoms with E-state index in [4.69, 9.17) is 0 Å². The molecule has 2 heterocycles. The van der Waals surface area contributed by atoms with Crippen molar-refractivity contribution in [1.82, 2.24) is 14.9 Å². The van der Waals surface area contributed by atoms with Crippen molar-refractivity contribution in [3.05, 3.63) is 18.2 Å². The number of amides is 1. The largest absolute Gasteiger partial charge is 0.347 e. The number of hydrogen-bond acceptors (Lipinski definition) is 2. The summed E-state index contributed by atoms with van der Waals surface area (Å²) < 4.78 is 0. The summed E-state index contributed by atoms with van der Waals surface area (Å²) in [6, 6.07) is 0.179. The molecule has 0 unspecified atom stereocenters. The molecule has 1 fully saturated rings. The number of carbonyl (C=O) groups excluding carboxylic acids is 1. The number of aromatic amines is 1. The van der Waals surface area contributed by atoms with Gasteiger partial charge in [-0.3, -0.25) is 4.79 Å². The molecule has 1 atom stereocenters. The molecule has 0 bridgehead atoms. The van der Waals surface area contributed by atoms with Crippen LogP contribution in [-0.2, 0) is 4.79 Å². The lowest BCUT2D eigenvalue weighted by Crippen LogP contribution is -2.30. The molecule has 1 aromatic heterocycles. The molecule has 1 saturated heterocycles. The van der Waals surface area contributed by atoms with Crippen molar-refractivity contribution in [2.24, 2.45) is 0 Å². The van der Waals surface area contributed by atoms with Gasteiger partial charge in [0.2, 0.25) is 5.91 Å². The van der Waals surface area contributed by atoms with E-state index in [1.165, 1.54) is 25.7 Å². The van der Waals surface area contributed by atoms with Gasteiger partial charge >= 0.3 is 0 Å². The van der Waals surface area contributed by atoms with Gasteiger partial charge in [0.15, 0.2) is 0 Å². The minimum Gasteiger partial charge on any atom is -0.347 e. The zero-order valence-corrected chi connectivity index (χ0v) is 11.9. The van der Waals surface area contributed by atoms with Gasteiger partial charge in [-0.15, -0.1) is 0 Å². The average Bonchev–Trinajstić information content (AvgIpc) is 3.08. The van der Waals surface area contributed by atoms with Crippen LogP contribution >= 0.6 is 0 Å². The van der Waals surface area contributed by atoms with Crippen LogP contribution in [0, 0.1) is 0 Å². The van der Waals surface area contributed by atoms with E-state index < -0.39 is 0 Å². The Balaban J connectivity index is 1.78. The highest BCUT2D eigenvalue weighted by Gasteiger charge is 2.30. The number of rotatable bonds is 7. The summed E-state index contributed by atoms with van der Waals surface area (Å²) >= 11 is 0. The van der Waals surface area contributed by atoms with E-state index >= 15 is 0 Å². The first kappa shape index (κ1) is 14.1. The highest BCUT2D eigenvalue weighted by Crippen LogP contribution is 2.30. The maximum atomic E-state index is 12.3. The monoisotopic (exact) mass is 263 g/mol. The Morgan fingerprint density at radius 3 is 3.00 bits per heavy atom. The van der Waals surface area contributed by atoms with Crippen LogP contribution in [0.5, 0.6) is 0 Å². The summed E-state index contributed by atoms with van der Waals surface area (Å²) in [5.74, 6) is 1.24. The zero-order chi connectivity index (χ0) is 13.5. The first-order chi connectivity index (χ1) is 9.33. The van der Waals surface area contributed by atoms with Gasteiger partial charge in [0.1, 0.15) is 5.82 Å². The van der Waals surface area contributed by atoms with E-state index in [0.29, 0.717) is 12.3 Å². The van der Waals surface area contributed by atoms with E-state index in [-0.39, 0.29) is 6.04 Å². The lowest BCUT2D eigenvalue weighted by molar-refractivity contribution is -0.132. The summed E-state index contributed by atoms with van der Waals surface area (Å²) in [7, 11) is 0. The van der Waals surface area contributed by atoms with Gasteiger partial charge in [-0.1, -0.05) is 32.6 Å². The van der Waals surface area contributed by atoms with Crippen molar-refractivity contribution in [1.29, 1.82) is 0 Å². The van der Waals surface area contributed by atoms with Crippen LogP contribution in [0.15, 0.2) is 12.4 Å². The zero-order valence-electron chi connectivity index (χ0n) is 11.9. The molecule has 0 radical (unpaired) electrons. The van der Waals surface area contributed by atoms with Crippen molar-refractivity contribution < 1.29 is 4.79 Å². The van der Waals surface area contributed by atoms with E-state index in [2.05, 4.69) is 16.9 Å². The predicted molar refractivity (Wildman–Crippen MR) is 75.7 cm³/mol. The maximum absolute atomic E-state index is 12.3. The third-order valence-corrected chi connectivity index (χ3v) is 3.90. The van der Waals surface area contributed by atoms with Crippen molar-refractivity contribution in [3.63, 3.8) is 0 Å². The van der Waals surface area contributed by atoms with E-state index in [1.807, 2.05) is 11.1 Å². The second-order valence-corrected chi connectivity index (χ2v) is 5.38. The Hall–Kier alpha value is -1.32. The summed E-state index contributed by atoms with van der Waals surface area (Å²) in [6.07, 6.45) is 12.4. The van der Waals surface area contributed by atoms with E-state index in [9.17, 15) is 4.79 Å². The minimum atomic E-state index is 0.179. The van der Waals surface area contributed by atoms with Gasteiger partial charge < -0.3 is 9.88 Å². The fourth-order valence-electron chi connectivity index (χ4n) is 2.83. The fourth-order valence-corrected chi connectivity index (χ4v) is 2.83. The molecule has 1 aliphatic rings. The smallest absolute Gasteiger partial charge is 0.223 e. The standard InChI is InChI=1S/C15H25N3O/c1-2-3-4-5-6-9-14(19)18-12-7-8-13(18)15-16-10-11-17-15/h10-11,13H,2-9,12H2,1H3,(H,16,17)/t13-/m1/s1. The Bertz CT molecular complexity index is 375. The van der Waals surface area contributed by atoms with Gasteiger partial charge in [-0.25, -0.2) is 4.98 Å². The highest BCUT2D eigenvalue weighted by molar-refractivity contribution is 5.76. The molecule has 0 spiro atoms. The Kier molecular flexibility index (Phi) is 5.43. The number of imidazole rings is 1. The summed E-state index contributed by atoms with van der Waals surface area (Å²) in [5, 5.41) is 0. The number of likely N-dealkylation sites (tertiary alicyclic amines) is 1. The van der Waals surface area contributed by atoms with Crippen LogP contribution in [0.1, 0.15) is 70.2 Å².